The minimum Gasteiger partial charge on any atom is -0.507 e. The number of benzene rings is 1. The molecule has 128 valence electrons. The van der Waals surface area contributed by atoms with E-state index in [1.165, 1.54) is 18.4 Å². The van der Waals surface area contributed by atoms with Crippen LogP contribution < -0.4 is 4.74 Å². The Morgan fingerprint density at radius 3 is 2.88 bits per heavy atom. The maximum Gasteiger partial charge on any atom is 0.134 e. The fourth-order valence-electron chi connectivity index (χ4n) is 3.74. The van der Waals surface area contributed by atoms with Crippen LogP contribution in [0.3, 0.4) is 0 Å². The second-order valence-electron chi connectivity index (χ2n) is 6.74. The highest BCUT2D eigenvalue weighted by Crippen LogP contribution is 2.51. The lowest BCUT2D eigenvalue weighted by atomic mass is 9.74. The lowest BCUT2D eigenvalue weighted by Crippen LogP contribution is -2.25. The van der Waals surface area contributed by atoms with Gasteiger partial charge in [0.05, 0.1) is 7.85 Å². The first-order valence-electron chi connectivity index (χ1n) is 9.61. The summed E-state index contributed by atoms with van der Waals surface area (Å²) in [6, 6.07) is 4.03. The lowest BCUT2D eigenvalue weighted by Gasteiger charge is -2.37. The molecule has 1 N–H and O–H groups in total. The molecule has 1 heterocycles. The van der Waals surface area contributed by atoms with Gasteiger partial charge in [0.25, 0.3) is 0 Å². The van der Waals surface area contributed by atoms with Crippen LogP contribution in [0.25, 0.3) is 0 Å². The molecule has 0 amide bonds. The molecule has 2 nitrogen and oxygen atoms in total. The molecule has 1 aliphatic heterocycles. The molecule has 3 heteroatoms. The zero-order valence-electron chi connectivity index (χ0n) is 16.0. The van der Waals surface area contributed by atoms with E-state index in [1.54, 1.807) is 0 Å². The standard InChI is InChI=1S/C20H26O2.CH3B/c1-4-5-6-7-15-11-18(21)20-17-10-13(2)8-9-16(17)14(3)22-19(20)12-15;1-2/h10-12,16-17,21H,3-9H2,1-2H3;1H3/t16-,17?;/m0./s1/i;1D. The lowest BCUT2D eigenvalue weighted by molar-refractivity contribution is 0.275. The Morgan fingerprint density at radius 2 is 2.17 bits per heavy atom. The molecule has 3 rings (SSSR count). The van der Waals surface area contributed by atoms with E-state index in [-0.39, 0.29) is 12.7 Å². The minimum atomic E-state index is 0. The van der Waals surface area contributed by atoms with E-state index in [9.17, 15) is 5.11 Å². The highest BCUT2D eigenvalue weighted by atomic mass is 16.5. The summed E-state index contributed by atoms with van der Waals surface area (Å²) in [7, 11) is 4.51. The van der Waals surface area contributed by atoms with Crippen LogP contribution in [0.1, 0.15) is 64.4 Å². The van der Waals surface area contributed by atoms with Gasteiger partial charge < -0.3 is 9.84 Å². The molecular formula is C21H29BO2. The molecule has 2 radical (unpaired) electrons. The van der Waals surface area contributed by atoms with Crippen LogP contribution in [-0.4, -0.2) is 13.0 Å². The number of phenols is 1. The van der Waals surface area contributed by atoms with Crippen molar-refractivity contribution in [2.24, 2.45) is 5.92 Å². The van der Waals surface area contributed by atoms with Crippen molar-refractivity contribution in [1.82, 2.24) is 0 Å². The average molecular weight is 325 g/mol. The van der Waals surface area contributed by atoms with E-state index in [4.69, 9.17) is 6.11 Å². The van der Waals surface area contributed by atoms with Gasteiger partial charge in [-0.3, -0.25) is 0 Å². The van der Waals surface area contributed by atoms with Gasteiger partial charge in [-0.1, -0.05) is 44.8 Å². The van der Waals surface area contributed by atoms with Crippen LogP contribution in [0.15, 0.2) is 36.1 Å². The first kappa shape index (κ1) is 17.2. The Balaban J connectivity index is 0.000000701. The number of unbranched alkanes of at least 4 members (excludes halogenated alkanes) is 2. The van der Waals surface area contributed by atoms with Gasteiger partial charge in [-0.2, -0.15) is 0 Å². The monoisotopic (exact) mass is 325 g/mol. The van der Waals surface area contributed by atoms with Gasteiger partial charge in [0.2, 0.25) is 0 Å². The van der Waals surface area contributed by atoms with Gasteiger partial charge in [-0.25, -0.2) is 0 Å². The van der Waals surface area contributed by atoms with E-state index in [0.29, 0.717) is 11.7 Å². The molecular weight excluding hydrogens is 295 g/mol. The summed E-state index contributed by atoms with van der Waals surface area (Å²) in [5, 5.41) is 10.6. The number of hydrogen-bond donors (Lipinski definition) is 1. The fourth-order valence-corrected chi connectivity index (χ4v) is 3.74. The predicted octanol–water partition coefficient (Wildman–Crippen LogP) is 5.67. The Hall–Kier alpha value is -1.64. The van der Waals surface area contributed by atoms with Crippen molar-refractivity contribution >= 4 is 7.85 Å². The summed E-state index contributed by atoms with van der Waals surface area (Å²) in [5.41, 5.74) is 3.51. The van der Waals surface area contributed by atoms with E-state index in [2.05, 4.69) is 40.4 Å². The van der Waals surface area contributed by atoms with Crippen molar-refractivity contribution in [3.63, 3.8) is 0 Å². The van der Waals surface area contributed by atoms with Crippen molar-refractivity contribution < 1.29 is 11.2 Å². The van der Waals surface area contributed by atoms with Crippen LogP contribution in [0, 0.1) is 5.92 Å². The summed E-state index contributed by atoms with van der Waals surface area (Å²) < 4.78 is 12.0. The van der Waals surface area contributed by atoms with Gasteiger partial charge in [0.1, 0.15) is 17.3 Å². The molecule has 0 aromatic heterocycles. The predicted molar refractivity (Wildman–Crippen MR) is 102 cm³/mol. The summed E-state index contributed by atoms with van der Waals surface area (Å²) in [4.78, 5) is 0. The Morgan fingerprint density at radius 1 is 1.42 bits per heavy atom. The number of fused-ring (bicyclic) bond motifs is 3. The first-order valence-corrected chi connectivity index (χ1v) is 8.90. The van der Waals surface area contributed by atoms with Gasteiger partial charge in [0, 0.05) is 18.8 Å². The number of rotatable bonds is 4. The van der Waals surface area contributed by atoms with Crippen molar-refractivity contribution in [2.45, 2.75) is 65.1 Å². The van der Waals surface area contributed by atoms with Crippen LogP contribution in [0.5, 0.6) is 11.5 Å². The van der Waals surface area contributed by atoms with Crippen LogP contribution in [0.4, 0.5) is 0 Å². The first-order chi connectivity index (χ1) is 12.0. The van der Waals surface area contributed by atoms with Crippen molar-refractivity contribution in [3.05, 3.63) is 47.2 Å². The number of phenolic OH excluding ortho intramolecular Hbond substituents is 1. The quantitative estimate of drug-likeness (QED) is 0.439. The second kappa shape index (κ2) is 8.46. The van der Waals surface area contributed by atoms with Crippen LogP contribution in [0.2, 0.25) is 6.80 Å². The smallest absolute Gasteiger partial charge is 0.134 e. The molecule has 1 aromatic rings. The molecule has 0 spiro atoms. The zero-order chi connectivity index (χ0) is 18.4. The van der Waals surface area contributed by atoms with E-state index < -0.39 is 0 Å². The largest absolute Gasteiger partial charge is 0.507 e. The summed E-state index contributed by atoms with van der Waals surface area (Å²) in [6.07, 6.45) is 9.01. The second-order valence-corrected chi connectivity index (χ2v) is 6.74. The molecule has 2 aliphatic rings. The zero-order valence-corrected chi connectivity index (χ0v) is 15.0. The van der Waals surface area contributed by atoms with Gasteiger partial charge in [-0.15, -0.1) is 0 Å². The van der Waals surface area contributed by atoms with E-state index in [0.717, 1.165) is 48.3 Å². The maximum atomic E-state index is 10.6. The maximum absolute atomic E-state index is 10.6. The molecule has 2 atom stereocenters. The number of aromatic hydroxyl groups is 1. The fraction of sp³-hybridized carbons (Fsp3) is 0.524. The number of ether oxygens (including phenoxy) is 1. The number of allylic oxidation sites excluding steroid dienone is 3. The van der Waals surface area contributed by atoms with E-state index in [1.807, 2.05) is 6.07 Å². The molecule has 1 unspecified atom stereocenters. The summed E-state index contributed by atoms with van der Waals surface area (Å²) in [5.74, 6) is 2.57. The topological polar surface area (TPSA) is 29.5 Å². The van der Waals surface area contributed by atoms with Crippen LogP contribution >= 0.6 is 0 Å². The molecule has 24 heavy (non-hydrogen) atoms. The number of aryl methyl sites for hydroxylation is 1. The third-order valence-electron chi connectivity index (χ3n) is 4.98. The van der Waals surface area contributed by atoms with Gasteiger partial charge in [0.15, 0.2) is 0 Å². The average Bonchev–Trinajstić information content (AvgIpc) is 2.55. The SMILES string of the molecule is C=C1Oc2cc(CCCCC)cc(O)c2C2C=C(C)CC[C@@H]12.[2H]C[B]. The summed E-state index contributed by atoms with van der Waals surface area (Å²) >= 11 is 0. The Labute approximate surface area is 149 Å². The molecule has 0 fully saturated rings. The van der Waals surface area contributed by atoms with Crippen molar-refractivity contribution in [1.29, 1.82) is 0 Å². The van der Waals surface area contributed by atoms with Crippen molar-refractivity contribution in [3.8, 4) is 11.5 Å². The van der Waals surface area contributed by atoms with Crippen molar-refractivity contribution in [2.75, 3.05) is 0 Å². The van der Waals surface area contributed by atoms with Crippen LogP contribution in [-0.2, 0) is 6.42 Å². The number of hydrogen-bond acceptors (Lipinski definition) is 2. The van der Waals surface area contributed by atoms with Gasteiger partial charge in [-0.05, 0) is 50.3 Å². The molecule has 1 aliphatic carbocycles. The summed E-state index contributed by atoms with van der Waals surface area (Å²) in [6.45, 7) is 8.50. The van der Waals surface area contributed by atoms with E-state index >= 15 is 0 Å². The molecule has 0 saturated heterocycles. The highest BCUT2D eigenvalue weighted by molar-refractivity contribution is 6.05. The minimum absolute atomic E-state index is 0. The Kier molecular flexibility index (Phi) is 6.06. The third kappa shape index (κ3) is 3.88. The molecule has 0 saturated carbocycles. The van der Waals surface area contributed by atoms with Gasteiger partial charge >= 0.3 is 0 Å². The normalized spacial score (nSPS) is 22.2. The third-order valence-corrected chi connectivity index (χ3v) is 4.98. The Bertz CT molecular complexity index is 639. The molecule has 0 bridgehead atoms. The highest BCUT2D eigenvalue weighted by Gasteiger charge is 2.36. The molecule has 1 aromatic carbocycles.